The summed E-state index contributed by atoms with van der Waals surface area (Å²) in [5.41, 5.74) is 0. The van der Waals surface area contributed by atoms with Gasteiger partial charge in [0.1, 0.15) is 18.2 Å². The number of amides is 1. The lowest BCUT2D eigenvalue weighted by atomic mass is 10.2. The summed E-state index contributed by atoms with van der Waals surface area (Å²) < 4.78 is 0. The molecule has 0 radical (unpaired) electrons. The van der Waals surface area contributed by atoms with Crippen LogP contribution in [0.4, 0.5) is 0 Å². The van der Waals surface area contributed by atoms with E-state index in [4.69, 9.17) is 0 Å². The van der Waals surface area contributed by atoms with E-state index in [0.717, 1.165) is 0 Å². The Hall–Kier alpha value is -1.19. The average Bonchev–Trinajstić information content (AvgIpc) is 2.16. The molecule has 1 rings (SSSR count). The van der Waals surface area contributed by atoms with Crippen LogP contribution in [0.3, 0.4) is 0 Å². The van der Waals surface area contributed by atoms with Gasteiger partial charge in [-0.3, -0.25) is 9.79 Å². The Morgan fingerprint density at radius 1 is 1.54 bits per heavy atom. The summed E-state index contributed by atoms with van der Waals surface area (Å²) in [6, 6.07) is -0.460. The van der Waals surface area contributed by atoms with Crippen molar-refractivity contribution >= 4 is 18.0 Å². The Labute approximate surface area is 78.6 Å². The van der Waals surface area contributed by atoms with Crippen LogP contribution in [0.1, 0.15) is 27.2 Å². The third kappa shape index (κ3) is 2.97. The van der Waals surface area contributed by atoms with Crippen molar-refractivity contribution in [2.24, 2.45) is 4.99 Å². The summed E-state index contributed by atoms with van der Waals surface area (Å²) >= 11 is 0. The molecule has 0 N–H and O–H groups in total. The molecule has 4 nitrogen and oxygen atoms in total. The predicted octanol–water partition coefficient (Wildman–Crippen LogP) is 0.861. The van der Waals surface area contributed by atoms with E-state index in [0.29, 0.717) is 12.1 Å². The first-order chi connectivity index (χ1) is 6.15. The maximum atomic E-state index is 11.1. The average molecular weight is 184 g/mol. The number of amidine groups is 1. The first kappa shape index (κ1) is 11.8. The van der Waals surface area contributed by atoms with Gasteiger partial charge in [0.2, 0.25) is 5.91 Å². The van der Waals surface area contributed by atoms with E-state index in [2.05, 4.69) is 4.99 Å². The third-order valence-corrected chi connectivity index (χ3v) is 1.75. The molecule has 0 bridgehead atoms. The number of hydrogen-bond donors (Lipinski definition) is 0. The summed E-state index contributed by atoms with van der Waals surface area (Å²) in [6.45, 7) is 5.72. The van der Waals surface area contributed by atoms with Crippen molar-refractivity contribution in [2.75, 3.05) is 7.05 Å². The lowest BCUT2D eigenvalue weighted by Crippen LogP contribution is -2.39. The molecule has 1 aliphatic rings. The summed E-state index contributed by atoms with van der Waals surface area (Å²) in [5.74, 6) is 0.563. The summed E-state index contributed by atoms with van der Waals surface area (Å²) in [6.07, 6.45) is 0.908. The van der Waals surface area contributed by atoms with Gasteiger partial charge in [-0.15, -0.1) is 0 Å². The van der Waals surface area contributed by atoms with Crippen LogP contribution in [0, 0.1) is 0 Å². The van der Waals surface area contributed by atoms with Gasteiger partial charge in [0.15, 0.2) is 0 Å². The number of aldehydes is 1. The fourth-order valence-electron chi connectivity index (χ4n) is 0.947. The van der Waals surface area contributed by atoms with Crippen molar-refractivity contribution in [1.82, 2.24) is 4.90 Å². The van der Waals surface area contributed by atoms with Crippen LogP contribution in [0.5, 0.6) is 0 Å². The molecular weight excluding hydrogens is 168 g/mol. The highest BCUT2D eigenvalue weighted by Gasteiger charge is 2.22. The quantitative estimate of drug-likeness (QED) is 0.567. The van der Waals surface area contributed by atoms with Crippen molar-refractivity contribution in [3.63, 3.8) is 0 Å². The van der Waals surface area contributed by atoms with E-state index >= 15 is 0 Å². The van der Waals surface area contributed by atoms with Crippen molar-refractivity contribution in [1.29, 1.82) is 0 Å². The minimum absolute atomic E-state index is 0.0467. The standard InChI is InChI=1S/C7H10N2O2.C2H6/c1-5-8-6(4-10)3-7(11)9(5)2;1-2/h4,6H,3H2,1-2H3;1-2H3. The molecule has 0 saturated carbocycles. The maximum Gasteiger partial charge on any atom is 0.230 e. The number of aliphatic imine (C=N–C) groups is 1. The topological polar surface area (TPSA) is 49.7 Å². The highest BCUT2D eigenvalue weighted by atomic mass is 16.2. The molecule has 4 heteroatoms. The molecule has 0 spiro atoms. The van der Waals surface area contributed by atoms with E-state index in [-0.39, 0.29) is 12.3 Å². The minimum atomic E-state index is -0.460. The SMILES string of the molecule is CC.CC1=NC(C=O)CC(=O)N1C. The molecule has 0 aromatic rings. The second-order valence-corrected chi connectivity index (χ2v) is 2.54. The van der Waals surface area contributed by atoms with Crippen LogP contribution in [-0.4, -0.2) is 36.0 Å². The lowest BCUT2D eigenvalue weighted by Gasteiger charge is -2.23. The summed E-state index contributed by atoms with van der Waals surface area (Å²) in [4.78, 5) is 26.8. The van der Waals surface area contributed by atoms with E-state index < -0.39 is 6.04 Å². The highest BCUT2D eigenvalue weighted by Crippen LogP contribution is 2.07. The molecule has 1 aliphatic heterocycles. The van der Waals surface area contributed by atoms with Gasteiger partial charge in [-0.25, -0.2) is 0 Å². The Balaban J connectivity index is 0.000000671. The van der Waals surface area contributed by atoms with Gasteiger partial charge in [-0.2, -0.15) is 0 Å². The minimum Gasteiger partial charge on any atom is -0.304 e. The molecule has 74 valence electrons. The number of rotatable bonds is 1. The first-order valence-corrected chi connectivity index (χ1v) is 4.41. The predicted molar refractivity (Wildman–Crippen MR) is 51.7 cm³/mol. The van der Waals surface area contributed by atoms with E-state index in [1.54, 1.807) is 14.0 Å². The van der Waals surface area contributed by atoms with Crippen molar-refractivity contribution in [2.45, 2.75) is 33.2 Å². The number of carbonyl (C=O) groups excluding carboxylic acids is 2. The zero-order chi connectivity index (χ0) is 10.4. The molecule has 1 atom stereocenters. The van der Waals surface area contributed by atoms with Crippen LogP contribution in [0.15, 0.2) is 4.99 Å². The smallest absolute Gasteiger partial charge is 0.230 e. The van der Waals surface area contributed by atoms with Crippen molar-refractivity contribution < 1.29 is 9.59 Å². The van der Waals surface area contributed by atoms with E-state index in [1.165, 1.54) is 4.90 Å². The lowest BCUT2D eigenvalue weighted by molar-refractivity contribution is -0.128. The molecule has 1 heterocycles. The Kier molecular flexibility index (Phi) is 4.96. The van der Waals surface area contributed by atoms with E-state index in [9.17, 15) is 9.59 Å². The fourth-order valence-corrected chi connectivity index (χ4v) is 0.947. The van der Waals surface area contributed by atoms with Crippen LogP contribution >= 0.6 is 0 Å². The van der Waals surface area contributed by atoms with Gasteiger partial charge in [0.05, 0.1) is 6.42 Å². The Morgan fingerprint density at radius 2 is 2.08 bits per heavy atom. The van der Waals surface area contributed by atoms with Gasteiger partial charge in [-0.1, -0.05) is 13.8 Å². The maximum absolute atomic E-state index is 11.1. The largest absolute Gasteiger partial charge is 0.304 e. The number of nitrogens with zero attached hydrogens (tertiary/aromatic N) is 2. The zero-order valence-corrected chi connectivity index (χ0v) is 8.57. The normalized spacial score (nSPS) is 21.5. The van der Waals surface area contributed by atoms with Crippen molar-refractivity contribution in [3.8, 4) is 0 Å². The molecule has 1 amide bonds. The van der Waals surface area contributed by atoms with Gasteiger partial charge < -0.3 is 9.69 Å². The molecule has 13 heavy (non-hydrogen) atoms. The Morgan fingerprint density at radius 3 is 2.46 bits per heavy atom. The molecule has 0 saturated heterocycles. The van der Waals surface area contributed by atoms with Gasteiger partial charge in [0.25, 0.3) is 0 Å². The molecule has 0 aliphatic carbocycles. The van der Waals surface area contributed by atoms with Crippen molar-refractivity contribution in [3.05, 3.63) is 0 Å². The van der Waals surface area contributed by atoms with Gasteiger partial charge in [-0.05, 0) is 6.92 Å². The van der Waals surface area contributed by atoms with Gasteiger partial charge in [0, 0.05) is 7.05 Å². The molecule has 0 aromatic carbocycles. The summed E-state index contributed by atoms with van der Waals surface area (Å²) in [7, 11) is 1.65. The van der Waals surface area contributed by atoms with Crippen LogP contribution in [-0.2, 0) is 9.59 Å². The first-order valence-electron chi connectivity index (χ1n) is 4.41. The van der Waals surface area contributed by atoms with Crippen LogP contribution in [0.2, 0.25) is 0 Å². The molecular formula is C9H16N2O2. The highest BCUT2D eigenvalue weighted by molar-refractivity contribution is 6.00. The second-order valence-electron chi connectivity index (χ2n) is 2.54. The van der Waals surface area contributed by atoms with Gasteiger partial charge >= 0.3 is 0 Å². The second kappa shape index (κ2) is 5.45. The van der Waals surface area contributed by atoms with E-state index in [1.807, 2.05) is 13.8 Å². The molecule has 1 unspecified atom stereocenters. The number of hydrogen-bond acceptors (Lipinski definition) is 3. The zero-order valence-electron chi connectivity index (χ0n) is 8.57. The fraction of sp³-hybridized carbons (Fsp3) is 0.667. The number of carbonyl (C=O) groups is 2. The molecule has 0 aromatic heterocycles. The van der Waals surface area contributed by atoms with Crippen LogP contribution in [0.25, 0.3) is 0 Å². The van der Waals surface area contributed by atoms with Crippen LogP contribution < -0.4 is 0 Å². The third-order valence-electron chi connectivity index (χ3n) is 1.75. The molecule has 0 fully saturated rings. The summed E-state index contributed by atoms with van der Waals surface area (Å²) in [5, 5.41) is 0. The Bertz CT molecular complexity index is 224. The monoisotopic (exact) mass is 184 g/mol.